The van der Waals surface area contributed by atoms with Gasteiger partial charge >= 0.3 is 0 Å². The molecule has 0 saturated heterocycles. The Hall–Kier alpha value is -1.55. The first kappa shape index (κ1) is 14.5. The van der Waals surface area contributed by atoms with E-state index in [1.165, 1.54) is 0 Å². The van der Waals surface area contributed by atoms with Crippen molar-refractivity contribution in [2.75, 3.05) is 25.4 Å². The summed E-state index contributed by atoms with van der Waals surface area (Å²) < 4.78 is 0. The quantitative estimate of drug-likeness (QED) is 0.722. The van der Waals surface area contributed by atoms with Gasteiger partial charge in [0, 0.05) is 18.8 Å². The van der Waals surface area contributed by atoms with Crippen LogP contribution in [0.15, 0.2) is 24.3 Å². The number of hydrogen-bond donors (Lipinski definition) is 2. The first-order chi connectivity index (χ1) is 8.67. The Morgan fingerprint density at radius 3 is 2.67 bits per heavy atom. The Bertz CT molecular complexity index is 379. The van der Waals surface area contributed by atoms with Crippen molar-refractivity contribution in [3.8, 4) is 0 Å². The topological polar surface area (TPSA) is 58.4 Å². The number of benzene rings is 1. The molecule has 0 aliphatic heterocycles. The maximum absolute atomic E-state index is 11.6. The number of likely N-dealkylation sites (N-methyl/N-ethyl adjacent to an activating group) is 1. The van der Waals surface area contributed by atoms with E-state index in [4.69, 9.17) is 5.73 Å². The number of rotatable bonds is 7. The van der Waals surface area contributed by atoms with Crippen LogP contribution >= 0.6 is 0 Å². The van der Waals surface area contributed by atoms with Crippen molar-refractivity contribution < 1.29 is 4.79 Å². The Labute approximate surface area is 109 Å². The molecule has 0 aliphatic carbocycles. The first-order valence-corrected chi connectivity index (χ1v) is 6.49. The summed E-state index contributed by atoms with van der Waals surface area (Å²) in [5, 5.41) is 2.82. The lowest BCUT2D eigenvalue weighted by Crippen LogP contribution is -2.37. The molecule has 1 aromatic carbocycles. The van der Waals surface area contributed by atoms with Crippen molar-refractivity contribution >= 4 is 11.6 Å². The maximum atomic E-state index is 11.6. The molecule has 0 saturated carbocycles. The predicted molar refractivity (Wildman–Crippen MR) is 75.1 cm³/mol. The minimum absolute atomic E-state index is 0.0699. The van der Waals surface area contributed by atoms with Crippen LogP contribution < -0.4 is 11.1 Å². The molecule has 18 heavy (non-hydrogen) atoms. The molecule has 4 heteroatoms. The van der Waals surface area contributed by atoms with Crippen molar-refractivity contribution in [3.05, 3.63) is 29.8 Å². The summed E-state index contributed by atoms with van der Waals surface area (Å²) >= 11 is 0. The van der Waals surface area contributed by atoms with Gasteiger partial charge < -0.3 is 11.1 Å². The SMILES string of the molecule is CCCN(CC(=O)NCC)Cc1ccccc1N. The number of para-hydroxylation sites is 1. The Morgan fingerprint density at radius 2 is 2.06 bits per heavy atom. The van der Waals surface area contributed by atoms with Crippen LogP contribution in [0.25, 0.3) is 0 Å². The fourth-order valence-corrected chi connectivity index (χ4v) is 1.91. The van der Waals surface area contributed by atoms with Crippen LogP contribution in [-0.2, 0) is 11.3 Å². The highest BCUT2D eigenvalue weighted by molar-refractivity contribution is 5.77. The van der Waals surface area contributed by atoms with Crippen molar-refractivity contribution in [2.45, 2.75) is 26.8 Å². The zero-order chi connectivity index (χ0) is 13.4. The molecular formula is C14H23N3O. The standard InChI is InChI=1S/C14H23N3O/c1-3-9-17(11-14(18)16-4-2)10-12-7-5-6-8-13(12)15/h5-8H,3-4,9-11,15H2,1-2H3,(H,16,18). The number of nitrogens with one attached hydrogen (secondary N) is 1. The summed E-state index contributed by atoms with van der Waals surface area (Å²) in [6.07, 6.45) is 1.02. The smallest absolute Gasteiger partial charge is 0.234 e. The summed E-state index contributed by atoms with van der Waals surface area (Å²) in [7, 11) is 0. The fraction of sp³-hybridized carbons (Fsp3) is 0.500. The molecule has 0 aromatic heterocycles. The van der Waals surface area contributed by atoms with E-state index in [0.29, 0.717) is 13.1 Å². The van der Waals surface area contributed by atoms with Gasteiger partial charge in [-0.25, -0.2) is 0 Å². The number of nitrogens with zero attached hydrogens (tertiary/aromatic N) is 1. The number of nitrogen functional groups attached to an aromatic ring is 1. The van der Waals surface area contributed by atoms with Gasteiger partial charge in [-0.1, -0.05) is 25.1 Å². The highest BCUT2D eigenvalue weighted by Gasteiger charge is 2.11. The van der Waals surface area contributed by atoms with E-state index >= 15 is 0 Å². The summed E-state index contributed by atoms with van der Waals surface area (Å²) in [6, 6.07) is 7.80. The summed E-state index contributed by atoms with van der Waals surface area (Å²) in [5.41, 5.74) is 7.79. The normalized spacial score (nSPS) is 10.6. The van der Waals surface area contributed by atoms with Crippen LogP contribution in [0, 0.1) is 0 Å². The van der Waals surface area contributed by atoms with Crippen LogP contribution in [0.1, 0.15) is 25.8 Å². The van der Waals surface area contributed by atoms with Gasteiger partial charge in [0.2, 0.25) is 5.91 Å². The third kappa shape index (κ3) is 4.75. The van der Waals surface area contributed by atoms with Gasteiger partial charge in [0.05, 0.1) is 6.54 Å². The second kappa shape index (κ2) is 7.71. The number of hydrogen-bond acceptors (Lipinski definition) is 3. The lowest BCUT2D eigenvalue weighted by molar-refractivity contribution is -0.122. The Kier molecular flexibility index (Phi) is 6.22. The molecule has 0 atom stereocenters. The molecule has 0 spiro atoms. The minimum Gasteiger partial charge on any atom is -0.398 e. The largest absolute Gasteiger partial charge is 0.398 e. The van der Waals surface area contributed by atoms with Crippen LogP contribution in [0.2, 0.25) is 0 Å². The van der Waals surface area contributed by atoms with Crippen LogP contribution in [0.4, 0.5) is 5.69 Å². The van der Waals surface area contributed by atoms with Gasteiger partial charge in [-0.2, -0.15) is 0 Å². The van der Waals surface area contributed by atoms with Crippen LogP contribution in [0.5, 0.6) is 0 Å². The molecule has 1 amide bonds. The molecule has 0 heterocycles. The molecule has 0 radical (unpaired) electrons. The van der Waals surface area contributed by atoms with Crippen molar-refractivity contribution in [1.82, 2.24) is 10.2 Å². The zero-order valence-corrected chi connectivity index (χ0v) is 11.3. The highest BCUT2D eigenvalue weighted by Crippen LogP contribution is 2.13. The summed E-state index contributed by atoms with van der Waals surface area (Å²) in [4.78, 5) is 13.7. The molecule has 1 rings (SSSR count). The minimum atomic E-state index is 0.0699. The van der Waals surface area contributed by atoms with Crippen LogP contribution in [0.3, 0.4) is 0 Å². The number of anilines is 1. The fourth-order valence-electron chi connectivity index (χ4n) is 1.91. The number of carbonyl (C=O) groups excluding carboxylic acids is 1. The number of carbonyl (C=O) groups is 1. The molecule has 0 bridgehead atoms. The predicted octanol–water partition coefficient (Wildman–Crippen LogP) is 1.62. The Balaban J connectivity index is 2.62. The van der Waals surface area contributed by atoms with Gasteiger partial charge in [-0.3, -0.25) is 9.69 Å². The third-order valence-corrected chi connectivity index (χ3v) is 2.73. The molecule has 1 aromatic rings. The summed E-state index contributed by atoms with van der Waals surface area (Å²) in [5.74, 6) is 0.0699. The van der Waals surface area contributed by atoms with E-state index < -0.39 is 0 Å². The molecule has 0 unspecified atom stereocenters. The molecule has 3 N–H and O–H groups in total. The molecule has 0 aliphatic rings. The molecule has 0 fully saturated rings. The number of nitrogens with two attached hydrogens (primary N) is 1. The van der Waals surface area contributed by atoms with Crippen molar-refractivity contribution in [2.24, 2.45) is 0 Å². The van der Waals surface area contributed by atoms with E-state index in [-0.39, 0.29) is 5.91 Å². The van der Waals surface area contributed by atoms with Gasteiger partial charge in [0.1, 0.15) is 0 Å². The monoisotopic (exact) mass is 249 g/mol. The van der Waals surface area contributed by atoms with Crippen molar-refractivity contribution in [1.29, 1.82) is 0 Å². The second-order valence-corrected chi connectivity index (χ2v) is 4.36. The van der Waals surface area contributed by atoms with Gasteiger partial charge in [0.15, 0.2) is 0 Å². The van der Waals surface area contributed by atoms with E-state index in [0.717, 1.165) is 30.8 Å². The van der Waals surface area contributed by atoms with Gasteiger partial charge in [-0.15, -0.1) is 0 Å². The lowest BCUT2D eigenvalue weighted by atomic mass is 10.1. The maximum Gasteiger partial charge on any atom is 0.234 e. The van der Waals surface area contributed by atoms with E-state index in [1.54, 1.807) is 0 Å². The molecule has 100 valence electrons. The lowest BCUT2D eigenvalue weighted by Gasteiger charge is -2.21. The van der Waals surface area contributed by atoms with E-state index in [2.05, 4.69) is 17.1 Å². The molecule has 4 nitrogen and oxygen atoms in total. The van der Waals surface area contributed by atoms with Crippen LogP contribution in [-0.4, -0.2) is 30.4 Å². The second-order valence-electron chi connectivity index (χ2n) is 4.36. The van der Waals surface area contributed by atoms with E-state index in [9.17, 15) is 4.79 Å². The van der Waals surface area contributed by atoms with E-state index in [1.807, 2.05) is 31.2 Å². The van der Waals surface area contributed by atoms with Gasteiger partial charge in [0.25, 0.3) is 0 Å². The average Bonchev–Trinajstić information content (AvgIpc) is 2.32. The first-order valence-electron chi connectivity index (χ1n) is 6.49. The summed E-state index contributed by atoms with van der Waals surface area (Å²) in [6.45, 7) is 6.75. The number of amides is 1. The van der Waals surface area contributed by atoms with Gasteiger partial charge in [-0.05, 0) is 31.5 Å². The third-order valence-electron chi connectivity index (χ3n) is 2.73. The Morgan fingerprint density at radius 1 is 1.33 bits per heavy atom. The zero-order valence-electron chi connectivity index (χ0n) is 11.3. The molecular weight excluding hydrogens is 226 g/mol. The highest BCUT2D eigenvalue weighted by atomic mass is 16.2. The van der Waals surface area contributed by atoms with Crippen molar-refractivity contribution in [3.63, 3.8) is 0 Å². The average molecular weight is 249 g/mol.